The van der Waals surface area contributed by atoms with E-state index in [0.717, 1.165) is 32.7 Å². The number of hydrogen-bond donors (Lipinski definition) is 1. The first-order chi connectivity index (χ1) is 9.19. The molecule has 3 heteroatoms. The molecule has 0 spiro atoms. The van der Waals surface area contributed by atoms with Crippen LogP contribution in [-0.4, -0.2) is 43.3 Å². The van der Waals surface area contributed by atoms with Gasteiger partial charge in [-0.05, 0) is 38.0 Å². The second-order valence-corrected chi connectivity index (χ2v) is 5.50. The van der Waals surface area contributed by atoms with Crippen molar-refractivity contribution < 1.29 is 4.74 Å². The lowest BCUT2D eigenvalue weighted by molar-refractivity contribution is -0.0541. The van der Waals surface area contributed by atoms with Gasteiger partial charge in [-0.25, -0.2) is 0 Å². The number of anilines is 1. The molecule has 1 fully saturated rings. The van der Waals surface area contributed by atoms with Gasteiger partial charge >= 0.3 is 0 Å². The third kappa shape index (κ3) is 4.22. The van der Waals surface area contributed by atoms with Crippen LogP contribution in [-0.2, 0) is 4.74 Å². The van der Waals surface area contributed by atoms with E-state index in [0.29, 0.717) is 12.1 Å². The normalized spacial score (nSPS) is 24.4. The topological polar surface area (TPSA) is 24.5 Å². The van der Waals surface area contributed by atoms with E-state index in [4.69, 9.17) is 4.74 Å². The maximum absolute atomic E-state index is 5.73. The first kappa shape index (κ1) is 14.4. The van der Waals surface area contributed by atoms with Crippen LogP contribution in [0.4, 0.5) is 5.69 Å². The molecule has 1 aliphatic rings. The smallest absolute Gasteiger partial charge is 0.0674 e. The minimum Gasteiger partial charge on any atom is -0.384 e. The van der Waals surface area contributed by atoms with Crippen LogP contribution >= 0.6 is 0 Å². The van der Waals surface area contributed by atoms with Crippen molar-refractivity contribution in [3.05, 3.63) is 29.8 Å². The van der Waals surface area contributed by atoms with Crippen LogP contribution in [0.1, 0.15) is 25.8 Å². The molecule has 0 radical (unpaired) electrons. The Morgan fingerprint density at radius 1 is 1.42 bits per heavy atom. The van der Waals surface area contributed by atoms with E-state index in [1.807, 2.05) is 0 Å². The average Bonchev–Trinajstić information content (AvgIpc) is 2.39. The Balaban J connectivity index is 1.80. The number of ether oxygens (including phenoxy) is 1. The second-order valence-electron chi connectivity index (χ2n) is 5.50. The summed E-state index contributed by atoms with van der Waals surface area (Å²) in [6, 6.07) is 9.13. The van der Waals surface area contributed by atoms with Crippen LogP contribution in [0.15, 0.2) is 24.3 Å². The van der Waals surface area contributed by atoms with Crippen LogP contribution in [0, 0.1) is 6.92 Å². The highest BCUT2D eigenvalue weighted by Gasteiger charge is 2.24. The predicted octanol–water partition coefficient (Wildman–Crippen LogP) is 2.91. The Labute approximate surface area is 116 Å². The summed E-state index contributed by atoms with van der Waals surface area (Å²) < 4.78 is 5.73. The molecule has 2 rings (SSSR count). The predicted molar refractivity (Wildman–Crippen MR) is 80.7 cm³/mol. The highest BCUT2D eigenvalue weighted by atomic mass is 16.5. The highest BCUT2D eigenvalue weighted by Crippen LogP contribution is 2.14. The monoisotopic (exact) mass is 262 g/mol. The highest BCUT2D eigenvalue weighted by molar-refractivity contribution is 5.45. The molecule has 0 aromatic heterocycles. The molecular formula is C16H26N2O. The van der Waals surface area contributed by atoms with E-state index < -0.39 is 0 Å². The third-order valence-corrected chi connectivity index (χ3v) is 3.80. The van der Waals surface area contributed by atoms with Crippen molar-refractivity contribution in [1.29, 1.82) is 0 Å². The first-order valence-corrected chi connectivity index (χ1v) is 7.35. The van der Waals surface area contributed by atoms with Crippen LogP contribution in [0.25, 0.3) is 0 Å². The van der Waals surface area contributed by atoms with E-state index in [1.165, 1.54) is 11.3 Å². The molecule has 0 bridgehead atoms. The molecule has 1 heterocycles. The van der Waals surface area contributed by atoms with E-state index in [9.17, 15) is 0 Å². The quantitative estimate of drug-likeness (QED) is 0.883. The van der Waals surface area contributed by atoms with E-state index in [1.54, 1.807) is 0 Å². The molecule has 0 saturated carbocycles. The Kier molecular flexibility index (Phi) is 5.23. The third-order valence-electron chi connectivity index (χ3n) is 3.80. The zero-order valence-corrected chi connectivity index (χ0v) is 12.4. The standard InChI is InChI=1S/C16H26N2O/c1-4-16-12-19-14(3)11-18(16)9-8-17-15-7-5-6-13(2)10-15/h5-7,10,14,16-17H,4,8-9,11-12H2,1-3H3. The summed E-state index contributed by atoms with van der Waals surface area (Å²) >= 11 is 0. The molecule has 1 aliphatic heterocycles. The van der Waals surface area contributed by atoms with Gasteiger partial charge in [0.15, 0.2) is 0 Å². The second kappa shape index (κ2) is 6.92. The molecule has 1 aromatic rings. The largest absolute Gasteiger partial charge is 0.384 e. The maximum Gasteiger partial charge on any atom is 0.0674 e. The van der Waals surface area contributed by atoms with Gasteiger partial charge in [-0.15, -0.1) is 0 Å². The summed E-state index contributed by atoms with van der Waals surface area (Å²) in [4.78, 5) is 2.55. The van der Waals surface area contributed by atoms with Crippen molar-refractivity contribution in [2.75, 3.05) is 31.6 Å². The Bertz CT molecular complexity index is 394. The van der Waals surface area contributed by atoms with E-state index in [-0.39, 0.29) is 0 Å². The molecule has 0 amide bonds. The van der Waals surface area contributed by atoms with Crippen LogP contribution < -0.4 is 5.32 Å². The fourth-order valence-electron chi connectivity index (χ4n) is 2.66. The van der Waals surface area contributed by atoms with Gasteiger partial charge in [-0.2, -0.15) is 0 Å². The van der Waals surface area contributed by atoms with Crippen molar-refractivity contribution in [2.45, 2.75) is 39.3 Å². The Morgan fingerprint density at radius 2 is 2.26 bits per heavy atom. The zero-order chi connectivity index (χ0) is 13.7. The summed E-state index contributed by atoms with van der Waals surface area (Å²) in [7, 11) is 0. The molecular weight excluding hydrogens is 236 g/mol. The number of hydrogen-bond acceptors (Lipinski definition) is 3. The SMILES string of the molecule is CCC1COC(C)CN1CCNc1cccc(C)c1. The molecule has 1 saturated heterocycles. The van der Waals surface area contributed by atoms with Crippen LogP contribution in [0.3, 0.4) is 0 Å². The lowest BCUT2D eigenvalue weighted by atomic mass is 10.1. The molecule has 0 aliphatic carbocycles. The number of aryl methyl sites for hydroxylation is 1. The zero-order valence-electron chi connectivity index (χ0n) is 12.4. The molecule has 1 aromatic carbocycles. The number of morpholine rings is 1. The maximum atomic E-state index is 5.73. The fraction of sp³-hybridized carbons (Fsp3) is 0.625. The fourth-order valence-corrected chi connectivity index (χ4v) is 2.66. The van der Waals surface area contributed by atoms with Crippen molar-refractivity contribution in [3.63, 3.8) is 0 Å². The summed E-state index contributed by atoms with van der Waals surface area (Å²) in [5, 5.41) is 3.51. The van der Waals surface area contributed by atoms with Gasteiger partial charge < -0.3 is 10.1 Å². The Morgan fingerprint density at radius 3 is 3.00 bits per heavy atom. The number of nitrogens with one attached hydrogen (secondary N) is 1. The number of nitrogens with zero attached hydrogens (tertiary/aromatic N) is 1. The number of benzene rings is 1. The van der Waals surface area contributed by atoms with Crippen LogP contribution in [0.5, 0.6) is 0 Å². The summed E-state index contributed by atoms with van der Waals surface area (Å²) in [6.45, 7) is 10.5. The van der Waals surface area contributed by atoms with Gasteiger partial charge in [0.1, 0.15) is 0 Å². The lowest BCUT2D eigenvalue weighted by Crippen LogP contribution is -2.49. The minimum absolute atomic E-state index is 0.363. The Hall–Kier alpha value is -1.06. The van der Waals surface area contributed by atoms with Gasteiger partial charge in [-0.1, -0.05) is 19.1 Å². The van der Waals surface area contributed by atoms with Gasteiger partial charge in [0.2, 0.25) is 0 Å². The van der Waals surface area contributed by atoms with Crippen molar-refractivity contribution in [3.8, 4) is 0 Å². The number of rotatable bonds is 5. The summed E-state index contributed by atoms with van der Waals surface area (Å²) in [5.74, 6) is 0. The molecule has 106 valence electrons. The van der Waals surface area contributed by atoms with Gasteiger partial charge in [0, 0.05) is 31.4 Å². The molecule has 2 atom stereocenters. The van der Waals surface area contributed by atoms with Gasteiger partial charge in [-0.3, -0.25) is 4.90 Å². The minimum atomic E-state index is 0.363. The molecule has 2 unspecified atom stereocenters. The van der Waals surface area contributed by atoms with Crippen LogP contribution in [0.2, 0.25) is 0 Å². The van der Waals surface area contributed by atoms with E-state index >= 15 is 0 Å². The lowest BCUT2D eigenvalue weighted by Gasteiger charge is -2.38. The summed E-state index contributed by atoms with van der Waals surface area (Å²) in [5.41, 5.74) is 2.52. The summed E-state index contributed by atoms with van der Waals surface area (Å²) in [6.07, 6.45) is 1.53. The molecule has 1 N–H and O–H groups in total. The molecule has 19 heavy (non-hydrogen) atoms. The van der Waals surface area contributed by atoms with Crippen molar-refractivity contribution in [2.24, 2.45) is 0 Å². The van der Waals surface area contributed by atoms with E-state index in [2.05, 4.69) is 55.3 Å². The molecule has 3 nitrogen and oxygen atoms in total. The van der Waals surface area contributed by atoms with Crippen molar-refractivity contribution >= 4 is 5.69 Å². The van der Waals surface area contributed by atoms with Gasteiger partial charge in [0.05, 0.1) is 12.7 Å². The van der Waals surface area contributed by atoms with Crippen molar-refractivity contribution in [1.82, 2.24) is 4.90 Å². The van der Waals surface area contributed by atoms with Gasteiger partial charge in [0.25, 0.3) is 0 Å². The first-order valence-electron chi connectivity index (χ1n) is 7.35. The average molecular weight is 262 g/mol.